The first kappa shape index (κ1) is 23.3. The monoisotopic (exact) mass is 478 g/mol. The Bertz CT molecular complexity index is 1280. The number of fused-ring (bicyclic) bond motifs is 1. The molecule has 170 valence electrons. The van der Waals surface area contributed by atoms with Gasteiger partial charge in [-0.2, -0.15) is 5.26 Å². The van der Waals surface area contributed by atoms with Crippen molar-refractivity contribution in [2.75, 3.05) is 5.75 Å². The maximum absolute atomic E-state index is 13.4. The summed E-state index contributed by atoms with van der Waals surface area (Å²) in [6.07, 6.45) is 6.00. The first-order chi connectivity index (χ1) is 16.0. The van der Waals surface area contributed by atoms with Crippen LogP contribution in [-0.2, 0) is 11.3 Å². The van der Waals surface area contributed by atoms with Gasteiger partial charge in [-0.3, -0.25) is 14.2 Å². The summed E-state index contributed by atoms with van der Waals surface area (Å²) in [6, 6.07) is 10.4. The van der Waals surface area contributed by atoms with Gasteiger partial charge in [0.15, 0.2) is 5.16 Å². The van der Waals surface area contributed by atoms with E-state index >= 15 is 0 Å². The van der Waals surface area contributed by atoms with Crippen LogP contribution in [0.25, 0.3) is 21.3 Å². The van der Waals surface area contributed by atoms with Crippen LogP contribution in [0.2, 0.25) is 0 Å². The van der Waals surface area contributed by atoms with Crippen molar-refractivity contribution in [1.29, 1.82) is 5.26 Å². The molecule has 1 saturated carbocycles. The Morgan fingerprint density at radius 3 is 2.73 bits per heavy atom. The molecular formula is C25H26N4O2S2. The van der Waals surface area contributed by atoms with Crippen LogP contribution >= 0.6 is 23.1 Å². The summed E-state index contributed by atoms with van der Waals surface area (Å²) >= 11 is 2.64. The maximum Gasteiger partial charge on any atom is 0.263 e. The van der Waals surface area contributed by atoms with E-state index in [9.17, 15) is 14.9 Å². The highest BCUT2D eigenvalue weighted by atomic mass is 32.2. The molecule has 2 heterocycles. The number of nitrogens with zero attached hydrogens (tertiary/aromatic N) is 3. The Morgan fingerprint density at radius 2 is 2.06 bits per heavy atom. The zero-order chi connectivity index (χ0) is 23.4. The highest BCUT2D eigenvalue weighted by molar-refractivity contribution is 7.99. The minimum atomic E-state index is -0.773. The summed E-state index contributed by atoms with van der Waals surface area (Å²) < 4.78 is 1.57. The van der Waals surface area contributed by atoms with Crippen LogP contribution in [0.15, 0.2) is 52.3 Å². The second-order valence-corrected chi connectivity index (χ2v) is 10.2. The lowest BCUT2D eigenvalue weighted by Gasteiger charge is -2.31. The van der Waals surface area contributed by atoms with Gasteiger partial charge in [0.1, 0.15) is 10.4 Å². The molecule has 0 aliphatic heterocycles. The summed E-state index contributed by atoms with van der Waals surface area (Å²) in [6.45, 7) is 6.11. The number of carbonyl (C=O) groups is 1. The lowest BCUT2D eigenvalue weighted by molar-refractivity contribution is -0.120. The summed E-state index contributed by atoms with van der Waals surface area (Å²) in [4.78, 5) is 31.5. The van der Waals surface area contributed by atoms with E-state index in [-0.39, 0.29) is 17.2 Å². The lowest BCUT2D eigenvalue weighted by atomic mass is 9.83. The number of amides is 1. The second kappa shape index (κ2) is 9.94. The van der Waals surface area contributed by atoms with Crippen molar-refractivity contribution in [2.45, 2.75) is 56.3 Å². The lowest BCUT2D eigenvalue weighted by Crippen LogP contribution is -2.49. The number of rotatable bonds is 7. The normalized spacial score (nSPS) is 15.2. The number of benzene rings is 1. The standard InChI is InChI=1S/C25H26N4O2S2/c1-3-13-29-23(31)21-19(18-9-7-17(2)8-10-18)14-32-22(21)27-24(29)33-15-20(30)28-25(16-26)11-5-4-6-12-25/h3,7-10,14H,1,4-6,11-13,15H2,2H3,(H,28,30). The Balaban J connectivity index is 1.61. The van der Waals surface area contributed by atoms with Crippen molar-refractivity contribution < 1.29 is 4.79 Å². The number of aromatic nitrogens is 2. The molecule has 0 atom stereocenters. The van der Waals surface area contributed by atoms with Crippen LogP contribution in [0.5, 0.6) is 0 Å². The number of thiophene rings is 1. The van der Waals surface area contributed by atoms with E-state index in [4.69, 9.17) is 4.98 Å². The SMILES string of the molecule is C=CCn1c(SCC(=O)NC2(C#N)CCCCC2)nc2scc(-c3ccc(C)cc3)c2c1=O. The number of allylic oxidation sites excluding steroid dienone is 1. The molecule has 0 saturated heterocycles. The van der Waals surface area contributed by atoms with Crippen LogP contribution in [0.3, 0.4) is 0 Å². The fourth-order valence-corrected chi connectivity index (χ4v) is 6.00. The van der Waals surface area contributed by atoms with Crippen molar-refractivity contribution in [2.24, 2.45) is 0 Å². The predicted octanol–water partition coefficient (Wildman–Crippen LogP) is 5.05. The first-order valence-corrected chi connectivity index (χ1v) is 12.9. The predicted molar refractivity (Wildman–Crippen MR) is 135 cm³/mol. The van der Waals surface area contributed by atoms with Gasteiger partial charge in [0.05, 0.1) is 17.2 Å². The van der Waals surface area contributed by atoms with Gasteiger partial charge in [0.25, 0.3) is 5.56 Å². The summed E-state index contributed by atoms with van der Waals surface area (Å²) in [5.41, 5.74) is 2.09. The van der Waals surface area contributed by atoms with Crippen LogP contribution in [-0.4, -0.2) is 26.8 Å². The van der Waals surface area contributed by atoms with Gasteiger partial charge in [-0.1, -0.05) is 66.9 Å². The molecule has 6 nitrogen and oxygen atoms in total. The fraction of sp³-hybridized carbons (Fsp3) is 0.360. The van der Waals surface area contributed by atoms with E-state index < -0.39 is 5.54 Å². The molecule has 1 aromatic carbocycles. The van der Waals surface area contributed by atoms with Gasteiger partial charge >= 0.3 is 0 Å². The number of nitrogens with one attached hydrogen (secondary N) is 1. The molecule has 33 heavy (non-hydrogen) atoms. The zero-order valence-corrected chi connectivity index (χ0v) is 20.2. The molecule has 0 bridgehead atoms. The molecular weight excluding hydrogens is 452 g/mol. The number of carbonyl (C=O) groups excluding carboxylic acids is 1. The second-order valence-electron chi connectivity index (χ2n) is 8.39. The number of nitriles is 1. The van der Waals surface area contributed by atoms with Gasteiger partial charge < -0.3 is 5.32 Å². The average Bonchev–Trinajstić information content (AvgIpc) is 3.25. The van der Waals surface area contributed by atoms with E-state index in [0.29, 0.717) is 34.8 Å². The third-order valence-electron chi connectivity index (χ3n) is 5.97. The molecule has 0 spiro atoms. The van der Waals surface area contributed by atoms with Crippen molar-refractivity contribution in [3.63, 3.8) is 0 Å². The highest BCUT2D eigenvalue weighted by Crippen LogP contribution is 2.33. The molecule has 2 aromatic heterocycles. The van der Waals surface area contributed by atoms with E-state index in [2.05, 4.69) is 18.0 Å². The van der Waals surface area contributed by atoms with Crippen molar-refractivity contribution in [1.82, 2.24) is 14.9 Å². The Labute approximate surface area is 201 Å². The van der Waals surface area contributed by atoms with Crippen LogP contribution in [0.1, 0.15) is 37.7 Å². The molecule has 1 N–H and O–H groups in total. The fourth-order valence-electron chi connectivity index (χ4n) is 4.20. The average molecular weight is 479 g/mol. The van der Waals surface area contributed by atoms with Crippen molar-refractivity contribution >= 4 is 39.2 Å². The van der Waals surface area contributed by atoms with E-state index in [1.165, 1.54) is 23.1 Å². The summed E-state index contributed by atoms with van der Waals surface area (Å²) in [5.74, 6) is -0.121. The number of hydrogen-bond acceptors (Lipinski definition) is 6. The topological polar surface area (TPSA) is 87.8 Å². The van der Waals surface area contributed by atoms with E-state index in [1.54, 1.807) is 10.6 Å². The smallest absolute Gasteiger partial charge is 0.263 e. The molecule has 4 rings (SSSR count). The number of hydrogen-bond donors (Lipinski definition) is 1. The van der Waals surface area contributed by atoms with Crippen molar-refractivity contribution in [3.8, 4) is 17.2 Å². The van der Waals surface area contributed by atoms with E-state index in [1.807, 2.05) is 36.6 Å². The molecule has 3 aromatic rings. The molecule has 0 unspecified atom stereocenters. The largest absolute Gasteiger partial charge is 0.337 e. The molecule has 1 aliphatic rings. The summed E-state index contributed by atoms with van der Waals surface area (Å²) in [5, 5.41) is 15.6. The molecule has 1 aliphatic carbocycles. The quantitative estimate of drug-likeness (QED) is 0.292. The third kappa shape index (κ3) is 4.90. The van der Waals surface area contributed by atoms with Gasteiger partial charge in [-0.05, 0) is 25.3 Å². The van der Waals surface area contributed by atoms with E-state index in [0.717, 1.165) is 36.0 Å². The minimum Gasteiger partial charge on any atom is -0.337 e. The highest BCUT2D eigenvalue weighted by Gasteiger charge is 2.33. The molecule has 1 fully saturated rings. The van der Waals surface area contributed by atoms with Gasteiger partial charge in [0, 0.05) is 17.5 Å². The number of thioether (sulfide) groups is 1. The third-order valence-corrected chi connectivity index (χ3v) is 7.81. The first-order valence-electron chi connectivity index (χ1n) is 11.0. The van der Waals surface area contributed by atoms with Crippen LogP contribution in [0, 0.1) is 18.3 Å². The summed E-state index contributed by atoms with van der Waals surface area (Å²) in [7, 11) is 0. The molecule has 1 amide bonds. The van der Waals surface area contributed by atoms with Crippen molar-refractivity contribution in [3.05, 3.63) is 58.2 Å². The van der Waals surface area contributed by atoms with Gasteiger partial charge in [-0.25, -0.2) is 4.98 Å². The Kier molecular flexibility index (Phi) is 7.01. The van der Waals surface area contributed by atoms with Crippen LogP contribution in [0.4, 0.5) is 0 Å². The maximum atomic E-state index is 13.4. The zero-order valence-electron chi connectivity index (χ0n) is 18.6. The van der Waals surface area contributed by atoms with Gasteiger partial charge in [-0.15, -0.1) is 17.9 Å². The minimum absolute atomic E-state index is 0.0920. The van der Waals surface area contributed by atoms with Crippen LogP contribution < -0.4 is 10.9 Å². The molecule has 0 radical (unpaired) electrons. The Morgan fingerprint density at radius 1 is 1.33 bits per heavy atom. The Hall–Kier alpha value is -2.89. The van der Waals surface area contributed by atoms with Gasteiger partial charge in [0.2, 0.25) is 5.91 Å². The molecule has 8 heteroatoms. The number of aryl methyl sites for hydroxylation is 1.